The minimum absolute atomic E-state index is 0.132. The van der Waals surface area contributed by atoms with Gasteiger partial charge in [-0.25, -0.2) is 0 Å². The molecule has 0 unspecified atom stereocenters. The lowest BCUT2D eigenvalue weighted by Gasteiger charge is -2.21. The summed E-state index contributed by atoms with van der Waals surface area (Å²) < 4.78 is 5.44. The normalized spacial score (nSPS) is 15.2. The van der Waals surface area contributed by atoms with Gasteiger partial charge >= 0.3 is 0 Å². The highest BCUT2D eigenvalue weighted by Crippen LogP contribution is 2.28. The van der Waals surface area contributed by atoms with Crippen LogP contribution in [-0.2, 0) is 4.79 Å². The summed E-state index contributed by atoms with van der Waals surface area (Å²) in [7, 11) is 0. The van der Waals surface area contributed by atoms with Crippen LogP contribution in [0.5, 0.6) is 5.75 Å². The van der Waals surface area contributed by atoms with Crippen molar-refractivity contribution in [1.82, 2.24) is 10.6 Å². The summed E-state index contributed by atoms with van der Waals surface area (Å²) in [5.74, 6) is 0.207. The van der Waals surface area contributed by atoms with E-state index in [1.54, 1.807) is 18.2 Å². The minimum Gasteiger partial charge on any atom is -0.493 e. The average molecular weight is 343 g/mol. The molecule has 2 N–H and O–H groups in total. The van der Waals surface area contributed by atoms with E-state index < -0.39 is 5.54 Å². The molecule has 0 heterocycles. The molecule has 1 saturated carbocycles. The number of carbonyl (C=O) groups excluding carboxylic acids is 2. The summed E-state index contributed by atoms with van der Waals surface area (Å²) in [6.45, 7) is 2.75. The fourth-order valence-corrected chi connectivity index (χ4v) is 3.05. The predicted octanol–water partition coefficient (Wildman–Crippen LogP) is 2.55. The second-order valence-corrected chi connectivity index (χ2v) is 6.24. The largest absolute Gasteiger partial charge is 0.493 e. The van der Waals surface area contributed by atoms with Crippen molar-refractivity contribution in [2.45, 2.75) is 51.0 Å². The molecule has 1 aliphatic carbocycles. The van der Waals surface area contributed by atoms with Crippen LogP contribution in [0.3, 0.4) is 0 Å². The van der Waals surface area contributed by atoms with Gasteiger partial charge in [-0.2, -0.15) is 5.26 Å². The number of nitrogens with zero attached hydrogens (tertiary/aromatic N) is 1. The molecule has 6 nitrogen and oxygen atoms in total. The molecule has 1 aliphatic rings. The Kier molecular flexibility index (Phi) is 6.81. The Morgan fingerprint density at radius 2 is 2.00 bits per heavy atom. The molecule has 1 aromatic carbocycles. The van der Waals surface area contributed by atoms with E-state index in [1.165, 1.54) is 0 Å². The van der Waals surface area contributed by atoms with Crippen molar-refractivity contribution in [1.29, 1.82) is 5.26 Å². The molecule has 2 amide bonds. The van der Waals surface area contributed by atoms with Gasteiger partial charge in [0.25, 0.3) is 5.91 Å². The third-order valence-electron chi connectivity index (χ3n) is 4.35. The molecular weight excluding hydrogens is 318 g/mol. The van der Waals surface area contributed by atoms with E-state index in [0.717, 1.165) is 25.7 Å². The molecule has 0 aliphatic heterocycles. The summed E-state index contributed by atoms with van der Waals surface area (Å²) in [6.07, 6.45) is 4.21. The van der Waals surface area contributed by atoms with Crippen molar-refractivity contribution in [3.63, 3.8) is 0 Å². The highest BCUT2D eigenvalue weighted by molar-refractivity contribution is 5.96. The van der Waals surface area contributed by atoms with Gasteiger partial charge in [0, 0.05) is 13.0 Å². The van der Waals surface area contributed by atoms with Gasteiger partial charge in [0.15, 0.2) is 0 Å². The van der Waals surface area contributed by atoms with Crippen LogP contribution in [0.1, 0.15) is 55.8 Å². The van der Waals surface area contributed by atoms with Crippen molar-refractivity contribution in [3.8, 4) is 11.8 Å². The van der Waals surface area contributed by atoms with Crippen LogP contribution in [0, 0.1) is 11.3 Å². The number of hydrogen-bond acceptors (Lipinski definition) is 4. The Morgan fingerprint density at radius 3 is 2.68 bits per heavy atom. The SMILES string of the molecule is CCOc1ccccc1C(=O)NCCCC(=O)NC1(C#N)CCCC1. The van der Waals surface area contributed by atoms with E-state index in [1.807, 2.05) is 13.0 Å². The Bertz CT molecular complexity index is 646. The third kappa shape index (κ3) is 5.21. The Balaban J connectivity index is 1.75. The second-order valence-electron chi connectivity index (χ2n) is 6.24. The molecule has 25 heavy (non-hydrogen) atoms. The van der Waals surface area contributed by atoms with Gasteiger partial charge in [0.1, 0.15) is 11.3 Å². The Labute approximate surface area is 148 Å². The van der Waals surface area contributed by atoms with Gasteiger partial charge in [-0.15, -0.1) is 0 Å². The van der Waals surface area contributed by atoms with Gasteiger partial charge < -0.3 is 15.4 Å². The highest BCUT2D eigenvalue weighted by atomic mass is 16.5. The van der Waals surface area contributed by atoms with Crippen molar-refractivity contribution in [3.05, 3.63) is 29.8 Å². The molecule has 2 rings (SSSR count). The number of carbonyl (C=O) groups is 2. The fourth-order valence-electron chi connectivity index (χ4n) is 3.05. The summed E-state index contributed by atoms with van der Waals surface area (Å²) in [4.78, 5) is 24.2. The smallest absolute Gasteiger partial charge is 0.255 e. The maximum absolute atomic E-state index is 12.2. The zero-order valence-electron chi connectivity index (χ0n) is 14.6. The van der Waals surface area contributed by atoms with E-state index in [4.69, 9.17) is 4.74 Å². The number of benzene rings is 1. The van der Waals surface area contributed by atoms with Crippen LogP contribution in [0.25, 0.3) is 0 Å². The molecular formula is C19H25N3O3. The van der Waals surface area contributed by atoms with E-state index in [2.05, 4.69) is 16.7 Å². The van der Waals surface area contributed by atoms with Crippen LogP contribution in [0.2, 0.25) is 0 Å². The third-order valence-corrected chi connectivity index (χ3v) is 4.35. The van der Waals surface area contributed by atoms with Gasteiger partial charge in [-0.1, -0.05) is 12.1 Å². The van der Waals surface area contributed by atoms with Crippen LogP contribution < -0.4 is 15.4 Å². The van der Waals surface area contributed by atoms with Crippen LogP contribution in [0.15, 0.2) is 24.3 Å². The zero-order chi connectivity index (χ0) is 18.1. The predicted molar refractivity (Wildman–Crippen MR) is 94.1 cm³/mol. The van der Waals surface area contributed by atoms with E-state index >= 15 is 0 Å². The van der Waals surface area contributed by atoms with E-state index in [-0.39, 0.29) is 18.2 Å². The lowest BCUT2D eigenvalue weighted by atomic mass is 9.99. The number of para-hydroxylation sites is 1. The molecule has 1 aromatic rings. The maximum atomic E-state index is 12.2. The van der Waals surface area contributed by atoms with Gasteiger partial charge in [0.2, 0.25) is 5.91 Å². The van der Waals surface area contributed by atoms with Gasteiger partial charge in [-0.05, 0) is 51.2 Å². The van der Waals surface area contributed by atoms with Crippen molar-refractivity contribution >= 4 is 11.8 Å². The first kappa shape index (κ1) is 18.8. The zero-order valence-corrected chi connectivity index (χ0v) is 14.6. The van der Waals surface area contributed by atoms with Crippen molar-refractivity contribution in [2.24, 2.45) is 0 Å². The topological polar surface area (TPSA) is 91.2 Å². The molecule has 134 valence electrons. The minimum atomic E-state index is -0.684. The summed E-state index contributed by atoms with van der Waals surface area (Å²) in [5.41, 5.74) is -0.195. The van der Waals surface area contributed by atoms with Crippen LogP contribution in [-0.4, -0.2) is 30.5 Å². The first-order valence-corrected chi connectivity index (χ1v) is 8.82. The van der Waals surface area contributed by atoms with Gasteiger partial charge in [0.05, 0.1) is 18.2 Å². The van der Waals surface area contributed by atoms with E-state index in [9.17, 15) is 14.9 Å². The molecule has 6 heteroatoms. The molecule has 0 spiro atoms. The quantitative estimate of drug-likeness (QED) is 0.710. The van der Waals surface area contributed by atoms with Crippen molar-refractivity contribution < 1.29 is 14.3 Å². The lowest BCUT2D eigenvalue weighted by molar-refractivity contribution is -0.122. The molecule has 0 aromatic heterocycles. The fraction of sp³-hybridized carbons (Fsp3) is 0.526. The average Bonchev–Trinajstić information content (AvgIpc) is 3.08. The monoisotopic (exact) mass is 343 g/mol. The van der Waals surface area contributed by atoms with Crippen molar-refractivity contribution in [2.75, 3.05) is 13.2 Å². The number of ether oxygens (including phenoxy) is 1. The number of amides is 2. The molecule has 0 bridgehead atoms. The molecule has 0 atom stereocenters. The second kappa shape index (κ2) is 9.07. The van der Waals surface area contributed by atoms with Crippen LogP contribution >= 0.6 is 0 Å². The van der Waals surface area contributed by atoms with Crippen LogP contribution in [0.4, 0.5) is 0 Å². The number of nitriles is 1. The number of hydrogen-bond donors (Lipinski definition) is 2. The summed E-state index contributed by atoms with van der Waals surface area (Å²) >= 11 is 0. The highest BCUT2D eigenvalue weighted by Gasteiger charge is 2.35. The Morgan fingerprint density at radius 1 is 1.28 bits per heavy atom. The molecule has 0 radical (unpaired) electrons. The lowest BCUT2D eigenvalue weighted by Crippen LogP contribution is -2.45. The summed E-state index contributed by atoms with van der Waals surface area (Å²) in [5, 5.41) is 14.9. The standard InChI is InChI=1S/C19H25N3O3/c1-2-25-16-9-4-3-8-15(16)18(24)21-13-7-10-17(23)22-19(14-20)11-5-6-12-19/h3-4,8-9H,2,5-7,10-13H2,1H3,(H,21,24)(H,22,23). The first-order valence-electron chi connectivity index (χ1n) is 8.82. The molecule has 0 saturated heterocycles. The number of nitrogens with one attached hydrogen (secondary N) is 2. The maximum Gasteiger partial charge on any atom is 0.255 e. The van der Waals surface area contributed by atoms with E-state index in [0.29, 0.717) is 30.9 Å². The molecule has 1 fully saturated rings. The Hall–Kier alpha value is -2.55. The van der Waals surface area contributed by atoms with Gasteiger partial charge in [-0.3, -0.25) is 9.59 Å². The summed E-state index contributed by atoms with van der Waals surface area (Å²) in [6, 6.07) is 9.32. The first-order chi connectivity index (χ1) is 12.1. The number of rotatable bonds is 8.